The summed E-state index contributed by atoms with van der Waals surface area (Å²) in [7, 11) is 3.18. The molecule has 248 valence electrons. The fourth-order valence-corrected chi connectivity index (χ4v) is 5.07. The van der Waals surface area contributed by atoms with E-state index in [1.165, 1.54) is 11.9 Å². The van der Waals surface area contributed by atoms with Gasteiger partial charge in [0.25, 0.3) is 0 Å². The van der Waals surface area contributed by atoms with Gasteiger partial charge in [-0.05, 0) is 63.6 Å². The second-order valence-electron chi connectivity index (χ2n) is 14.4. The van der Waals surface area contributed by atoms with Gasteiger partial charge in [0.05, 0.1) is 12.6 Å². The highest BCUT2D eigenvalue weighted by molar-refractivity contribution is 5.93. The third-order valence-electron chi connectivity index (χ3n) is 7.53. The van der Waals surface area contributed by atoms with Crippen molar-refractivity contribution in [2.24, 2.45) is 11.3 Å². The van der Waals surface area contributed by atoms with Gasteiger partial charge in [-0.2, -0.15) is 0 Å². The lowest BCUT2D eigenvalue weighted by molar-refractivity contribution is -0.142. The molecule has 0 aliphatic carbocycles. The number of anilines is 1. The Morgan fingerprint density at radius 3 is 2.00 bits per heavy atom. The van der Waals surface area contributed by atoms with Crippen LogP contribution in [-0.4, -0.2) is 78.1 Å². The van der Waals surface area contributed by atoms with E-state index >= 15 is 0 Å². The number of esters is 1. The number of carbonyl (C=O) groups excluding carboxylic acids is 4. The molecule has 0 unspecified atom stereocenters. The number of hydrogen-bond donors (Lipinski definition) is 2. The highest BCUT2D eigenvalue weighted by Gasteiger charge is 2.46. The van der Waals surface area contributed by atoms with Crippen LogP contribution >= 0.6 is 0 Å². The predicted molar refractivity (Wildman–Crippen MR) is 175 cm³/mol. The van der Waals surface area contributed by atoms with Crippen LogP contribution < -0.4 is 11.1 Å². The van der Waals surface area contributed by atoms with E-state index in [0.717, 1.165) is 5.56 Å². The summed E-state index contributed by atoms with van der Waals surface area (Å²) in [5, 5.41) is 2.99. The van der Waals surface area contributed by atoms with E-state index in [1.807, 2.05) is 54.5 Å². The minimum atomic E-state index is -1.08. The van der Waals surface area contributed by atoms with Crippen LogP contribution in [0.25, 0.3) is 0 Å². The van der Waals surface area contributed by atoms with Crippen LogP contribution in [0.2, 0.25) is 0 Å². The van der Waals surface area contributed by atoms with Gasteiger partial charge in [0, 0.05) is 30.8 Å². The number of nitrogens with zero attached hydrogens (tertiary/aromatic N) is 2. The maximum atomic E-state index is 14.4. The van der Waals surface area contributed by atoms with E-state index in [1.54, 1.807) is 70.8 Å². The second-order valence-corrected chi connectivity index (χ2v) is 14.4. The lowest BCUT2D eigenvalue weighted by Crippen LogP contribution is -2.63. The molecule has 1 aromatic carbocycles. The Labute approximate surface area is 264 Å². The Kier molecular flexibility index (Phi) is 13.1. The molecule has 0 heterocycles. The molecule has 3 atom stereocenters. The summed E-state index contributed by atoms with van der Waals surface area (Å²) in [6.07, 6.45) is 1.05. The number of rotatable bonds is 11. The van der Waals surface area contributed by atoms with Crippen LogP contribution in [0.4, 0.5) is 10.5 Å². The fraction of sp³-hybridized carbons (Fsp3) is 0.647. The van der Waals surface area contributed by atoms with E-state index in [9.17, 15) is 19.2 Å². The molecule has 10 nitrogen and oxygen atoms in total. The molecule has 0 radical (unpaired) electrons. The van der Waals surface area contributed by atoms with Gasteiger partial charge < -0.3 is 25.4 Å². The molecule has 3 N–H and O–H groups in total. The molecule has 0 fully saturated rings. The van der Waals surface area contributed by atoms with Gasteiger partial charge >= 0.3 is 12.1 Å². The van der Waals surface area contributed by atoms with Gasteiger partial charge in [0.1, 0.15) is 17.7 Å². The number of benzene rings is 1. The third-order valence-corrected chi connectivity index (χ3v) is 7.53. The number of nitrogens with two attached hydrogens (primary N) is 1. The number of ether oxygens (including phenoxy) is 2. The summed E-state index contributed by atoms with van der Waals surface area (Å²) in [6.45, 7) is 22.1. The summed E-state index contributed by atoms with van der Waals surface area (Å²) in [5.41, 5.74) is 5.30. The minimum Gasteiger partial charge on any atom is -0.463 e. The number of amides is 3. The number of carbonyl (C=O) groups is 4. The van der Waals surface area contributed by atoms with Crippen molar-refractivity contribution < 1.29 is 28.7 Å². The van der Waals surface area contributed by atoms with E-state index in [0.29, 0.717) is 11.3 Å². The molecule has 3 amide bonds. The molecule has 0 aromatic heterocycles. The average molecular weight is 617 g/mol. The Balaban J connectivity index is 3.63. The van der Waals surface area contributed by atoms with Crippen LogP contribution in [0, 0.1) is 11.3 Å². The smallest absolute Gasteiger partial charge is 0.410 e. The fourth-order valence-electron chi connectivity index (χ4n) is 5.07. The molecule has 44 heavy (non-hydrogen) atoms. The first kappa shape index (κ1) is 38.5. The zero-order chi connectivity index (χ0) is 34.4. The van der Waals surface area contributed by atoms with Crippen LogP contribution in [0.15, 0.2) is 35.9 Å². The summed E-state index contributed by atoms with van der Waals surface area (Å²) in [4.78, 5) is 57.0. The zero-order valence-electron chi connectivity index (χ0n) is 29.3. The minimum absolute atomic E-state index is 0.0434. The first-order valence-electron chi connectivity index (χ1n) is 15.2. The van der Waals surface area contributed by atoms with Gasteiger partial charge in [0.2, 0.25) is 11.8 Å². The number of nitrogens with one attached hydrogen (secondary N) is 1. The highest BCUT2D eigenvalue weighted by Crippen LogP contribution is 2.33. The standard InChI is InChI=1S/C34H56N4O6/c1-15-43-30(41)22(4)19-25(21(2)3)37(13)29(40)26(32(5,6)7)36-28(39)27(38(14)31(42)44-33(8,9)10)34(11,12)23-17-16-18-24(35)20-23/h16-21,25-27H,15,35H2,1-14H3,(H,36,39)/b22-19+/t25-,26-,27-/m1/s1. The molecule has 0 aliphatic rings. The van der Waals surface area contributed by atoms with Crippen molar-refractivity contribution in [1.29, 1.82) is 0 Å². The Morgan fingerprint density at radius 1 is 0.977 bits per heavy atom. The van der Waals surface area contributed by atoms with Crippen molar-refractivity contribution in [3.05, 3.63) is 41.5 Å². The van der Waals surface area contributed by atoms with E-state index in [-0.39, 0.29) is 18.4 Å². The quantitative estimate of drug-likeness (QED) is 0.196. The molecule has 0 spiro atoms. The molecular weight excluding hydrogens is 560 g/mol. The maximum absolute atomic E-state index is 14.4. The average Bonchev–Trinajstić information content (AvgIpc) is 2.87. The van der Waals surface area contributed by atoms with Gasteiger partial charge in [-0.1, -0.05) is 66.7 Å². The molecule has 10 heteroatoms. The van der Waals surface area contributed by atoms with Crippen molar-refractivity contribution in [1.82, 2.24) is 15.1 Å². The summed E-state index contributed by atoms with van der Waals surface area (Å²) in [5.74, 6) is -1.35. The molecule has 0 aliphatic heterocycles. The van der Waals surface area contributed by atoms with Gasteiger partial charge in [-0.3, -0.25) is 14.5 Å². The highest BCUT2D eigenvalue weighted by atomic mass is 16.6. The van der Waals surface area contributed by atoms with E-state index in [4.69, 9.17) is 15.2 Å². The van der Waals surface area contributed by atoms with E-state index in [2.05, 4.69) is 5.32 Å². The molecule has 0 saturated carbocycles. The van der Waals surface area contributed by atoms with Crippen molar-refractivity contribution >= 4 is 29.6 Å². The monoisotopic (exact) mass is 616 g/mol. The maximum Gasteiger partial charge on any atom is 0.410 e. The topological polar surface area (TPSA) is 131 Å². The molecule has 1 rings (SSSR count). The zero-order valence-corrected chi connectivity index (χ0v) is 29.3. The van der Waals surface area contributed by atoms with Gasteiger partial charge in [0.15, 0.2) is 0 Å². The number of nitrogen functional groups attached to an aromatic ring is 1. The van der Waals surface area contributed by atoms with Crippen LogP contribution in [-0.2, 0) is 29.3 Å². The van der Waals surface area contributed by atoms with Crippen molar-refractivity contribution in [2.75, 3.05) is 26.4 Å². The molecular formula is C34H56N4O6. The summed E-state index contributed by atoms with van der Waals surface area (Å²) in [6, 6.07) is 4.68. The van der Waals surface area contributed by atoms with Crippen molar-refractivity contribution in [2.45, 2.75) is 112 Å². The number of hydrogen-bond acceptors (Lipinski definition) is 7. The Hall–Kier alpha value is -3.56. The summed E-state index contributed by atoms with van der Waals surface area (Å²) >= 11 is 0. The first-order chi connectivity index (χ1) is 19.9. The molecule has 0 saturated heterocycles. The molecule has 0 bridgehead atoms. The lowest BCUT2D eigenvalue weighted by atomic mass is 9.76. The van der Waals surface area contributed by atoms with Gasteiger partial charge in [-0.15, -0.1) is 0 Å². The predicted octanol–water partition coefficient (Wildman–Crippen LogP) is 5.31. The first-order valence-corrected chi connectivity index (χ1v) is 15.2. The van der Waals surface area contributed by atoms with Crippen molar-refractivity contribution in [3.8, 4) is 0 Å². The molecule has 1 aromatic rings. The van der Waals surface area contributed by atoms with Crippen LogP contribution in [0.5, 0.6) is 0 Å². The third kappa shape index (κ3) is 10.3. The Bertz CT molecular complexity index is 1210. The summed E-state index contributed by atoms with van der Waals surface area (Å²) < 4.78 is 10.8. The largest absolute Gasteiger partial charge is 0.463 e. The lowest BCUT2D eigenvalue weighted by Gasteiger charge is -2.42. The Morgan fingerprint density at radius 2 is 1.55 bits per heavy atom. The second kappa shape index (κ2) is 14.9. The van der Waals surface area contributed by atoms with Gasteiger partial charge in [-0.25, -0.2) is 9.59 Å². The number of likely N-dealkylation sites (N-methyl/N-ethyl adjacent to an activating group) is 2. The van der Waals surface area contributed by atoms with E-state index < -0.39 is 52.5 Å². The SMILES string of the molecule is CCOC(=O)/C(C)=C/[C@H](C(C)C)N(C)C(=O)[C@@H](NC(=O)[C@@H](N(C)C(=O)OC(C)(C)C)C(C)(C)c1cccc(N)c1)C(C)(C)C. The normalized spacial score (nSPS) is 14.8. The van der Waals surface area contributed by atoms with Crippen molar-refractivity contribution in [3.63, 3.8) is 0 Å². The van der Waals surface area contributed by atoms with Crippen LogP contribution in [0.3, 0.4) is 0 Å². The van der Waals surface area contributed by atoms with Crippen LogP contribution in [0.1, 0.15) is 88.6 Å².